The number of anilines is 1. The fourth-order valence-electron chi connectivity index (χ4n) is 3.96. The van der Waals surface area contributed by atoms with Crippen molar-refractivity contribution in [3.05, 3.63) is 70.2 Å². The van der Waals surface area contributed by atoms with Gasteiger partial charge in [-0.25, -0.2) is 9.37 Å². The van der Waals surface area contributed by atoms with E-state index in [1.807, 2.05) is 23.6 Å². The van der Waals surface area contributed by atoms with E-state index in [1.165, 1.54) is 17.4 Å². The van der Waals surface area contributed by atoms with E-state index < -0.39 is 5.82 Å². The molecule has 0 fully saturated rings. The maximum absolute atomic E-state index is 14.5. The molecule has 5 rings (SSSR count). The molecule has 0 spiro atoms. The number of hydrogen-bond acceptors (Lipinski definition) is 5. The van der Waals surface area contributed by atoms with Crippen LogP contribution in [0.2, 0.25) is 5.02 Å². The number of rotatable bonds is 5. The van der Waals surface area contributed by atoms with Gasteiger partial charge in [0.2, 0.25) is 5.91 Å². The Hall–Kier alpha value is -3.10. The van der Waals surface area contributed by atoms with Crippen LogP contribution in [0.1, 0.15) is 30.8 Å². The zero-order valence-electron chi connectivity index (χ0n) is 17.7. The minimum Gasteiger partial charge on any atom is -0.323 e. The normalized spacial score (nSPS) is 13.4. The lowest BCUT2D eigenvalue weighted by molar-refractivity contribution is -0.115. The van der Waals surface area contributed by atoms with Crippen LogP contribution in [0.25, 0.3) is 22.0 Å². The molecule has 0 unspecified atom stereocenters. The fourth-order valence-corrected chi connectivity index (χ4v) is 5.10. The minimum absolute atomic E-state index is 0.0327. The molecule has 1 aliphatic heterocycles. The van der Waals surface area contributed by atoms with Crippen molar-refractivity contribution >= 4 is 34.5 Å². The number of nitrogens with zero attached hydrogens (tertiary/aromatic N) is 4. The van der Waals surface area contributed by atoms with Crippen LogP contribution in [0, 0.1) is 5.82 Å². The van der Waals surface area contributed by atoms with Gasteiger partial charge in [-0.1, -0.05) is 36.2 Å². The zero-order chi connectivity index (χ0) is 22.8. The number of amides is 1. The molecule has 0 aliphatic carbocycles. The summed E-state index contributed by atoms with van der Waals surface area (Å²) in [5, 5.41) is 14.5. The first-order valence-electron chi connectivity index (χ1n) is 10.8. The van der Waals surface area contributed by atoms with Crippen LogP contribution < -0.4 is 5.32 Å². The Bertz CT molecular complexity index is 1320. The molecular formula is C24H21ClFN5OS. The number of hydrogen-bond donors (Lipinski definition) is 1. The molecule has 4 aromatic rings. The Morgan fingerprint density at radius 2 is 2.03 bits per heavy atom. The lowest BCUT2D eigenvalue weighted by Crippen LogP contribution is -2.15. The van der Waals surface area contributed by atoms with Gasteiger partial charge in [0.15, 0.2) is 5.82 Å². The highest BCUT2D eigenvalue weighted by Gasteiger charge is 2.18. The Kier molecular flexibility index (Phi) is 6.20. The summed E-state index contributed by atoms with van der Waals surface area (Å²) in [6.45, 7) is 0.842. The second-order valence-corrected chi connectivity index (χ2v) is 9.21. The molecule has 0 atom stereocenters. The number of fused-ring (bicyclic) bond motifs is 1. The molecule has 0 bridgehead atoms. The third kappa shape index (κ3) is 4.67. The molecule has 1 aliphatic rings. The van der Waals surface area contributed by atoms with Gasteiger partial charge < -0.3 is 9.88 Å². The Morgan fingerprint density at radius 1 is 1.15 bits per heavy atom. The van der Waals surface area contributed by atoms with Gasteiger partial charge in [0.1, 0.15) is 16.6 Å². The van der Waals surface area contributed by atoms with Gasteiger partial charge in [-0.15, -0.1) is 21.5 Å². The number of halogens is 2. The molecule has 9 heteroatoms. The quantitative estimate of drug-likeness (QED) is 0.393. The SMILES string of the molecule is O=C(Cc1csc(-c2ccccc2Cl)n1)Nc1cc(-c2nnc3n2CCCCC3)ccc1F. The van der Waals surface area contributed by atoms with E-state index in [9.17, 15) is 9.18 Å². The third-order valence-electron chi connectivity index (χ3n) is 5.61. The molecule has 0 saturated heterocycles. The average molecular weight is 482 g/mol. The fraction of sp³-hybridized carbons (Fsp3) is 0.250. The molecule has 168 valence electrons. The van der Waals surface area contributed by atoms with E-state index in [4.69, 9.17) is 11.6 Å². The highest BCUT2D eigenvalue weighted by molar-refractivity contribution is 7.13. The number of nitrogens with one attached hydrogen (secondary N) is 1. The second kappa shape index (κ2) is 9.41. The molecule has 2 aromatic carbocycles. The summed E-state index contributed by atoms with van der Waals surface area (Å²) in [6, 6.07) is 12.1. The molecular weight excluding hydrogens is 461 g/mol. The Morgan fingerprint density at radius 3 is 2.91 bits per heavy atom. The molecule has 0 radical (unpaired) electrons. The Balaban J connectivity index is 1.33. The maximum atomic E-state index is 14.5. The summed E-state index contributed by atoms with van der Waals surface area (Å²) in [5.41, 5.74) is 2.26. The van der Waals surface area contributed by atoms with Gasteiger partial charge in [0.05, 0.1) is 22.8 Å². The van der Waals surface area contributed by atoms with Crippen LogP contribution in [0.3, 0.4) is 0 Å². The van der Waals surface area contributed by atoms with Crippen molar-refractivity contribution in [2.75, 3.05) is 5.32 Å². The summed E-state index contributed by atoms with van der Waals surface area (Å²) in [5.74, 6) is 0.807. The van der Waals surface area contributed by atoms with Gasteiger partial charge in [-0.2, -0.15) is 0 Å². The number of thiazole rings is 1. The smallest absolute Gasteiger partial charge is 0.230 e. The van der Waals surface area contributed by atoms with Crippen molar-refractivity contribution < 1.29 is 9.18 Å². The molecule has 3 heterocycles. The van der Waals surface area contributed by atoms with Crippen LogP contribution in [0.5, 0.6) is 0 Å². The van der Waals surface area contributed by atoms with Gasteiger partial charge in [-0.05, 0) is 37.1 Å². The van der Waals surface area contributed by atoms with Crippen LogP contribution in [-0.4, -0.2) is 25.7 Å². The highest BCUT2D eigenvalue weighted by Crippen LogP contribution is 2.30. The number of aryl methyl sites for hydroxylation is 1. The molecule has 0 saturated carbocycles. The van der Waals surface area contributed by atoms with E-state index in [0.29, 0.717) is 16.5 Å². The lowest BCUT2D eigenvalue weighted by Gasteiger charge is -2.10. The monoisotopic (exact) mass is 481 g/mol. The summed E-state index contributed by atoms with van der Waals surface area (Å²) < 4.78 is 16.6. The number of benzene rings is 2. The zero-order valence-corrected chi connectivity index (χ0v) is 19.3. The summed E-state index contributed by atoms with van der Waals surface area (Å²) in [4.78, 5) is 17.2. The first-order chi connectivity index (χ1) is 16.1. The van der Waals surface area contributed by atoms with Gasteiger partial charge in [-0.3, -0.25) is 4.79 Å². The maximum Gasteiger partial charge on any atom is 0.230 e. The van der Waals surface area contributed by atoms with Crippen LogP contribution in [0.4, 0.5) is 10.1 Å². The summed E-state index contributed by atoms with van der Waals surface area (Å²) in [7, 11) is 0. The van der Waals surface area contributed by atoms with E-state index in [1.54, 1.807) is 18.2 Å². The van der Waals surface area contributed by atoms with Crippen molar-refractivity contribution in [3.8, 4) is 22.0 Å². The van der Waals surface area contributed by atoms with Crippen LogP contribution >= 0.6 is 22.9 Å². The Labute approximate surface area is 199 Å². The van der Waals surface area contributed by atoms with Crippen molar-refractivity contribution in [3.63, 3.8) is 0 Å². The molecule has 1 amide bonds. The topological polar surface area (TPSA) is 72.7 Å². The van der Waals surface area contributed by atoms with Gasteiger partial charge >= 0.3 is 0 Å². The average Bonchev–Trinajstić information content (AvgIpc) is 3.36. The van der Waals surface area contributed by atoms with E-state index in [0.717, 1.165) is 54.2 Å². The van der Waals surface area contributed by atoms with Crippen molar-refractivity contribution in [2.45, 2.75) is 38.6 Å². The van der Waals surface area contributed by atoms with Crippen molar-refractivity contribution in [2.24, 2.45) is 0 Å². The minimum atomic E-state index is -0.502. The van der Waals surface area contributed by atoms with Crippen molar-refractivity contribution in [1.29, 1.82) is 0 Å². The van der Waals surface area contributed by atoms with Crippen LogP contribution in [0.15, 0.2) is 47.8 Å². The third-order valence-corrected chi connectivity index (χ3v) is 6.86. The van der Waals surface area contributed by atoms with E-state index in [-0.39, 0.29) is 18.0 Å². The van der Waals surface area contributed by atoms with Gasteiger partial charge in [0.25, 0.3) is 0 Å². The standard InChI is InChI=1S/C24H21ClFN5OS/c25-18-7-4-3-6-17(18)24-27-16(14-33-24)13-22(32)28-20-12-15(9-10-19(20)26)23-30-29-21-8-2-1-5-11-31(21)23/h3-4,6-7,9-10,12,14H,1-2,5,8,11,13H2,(H,28,32). The first kappa shape index (κ1) is 21.7. The number of aromatic nitrogens is 4. The molecule has 2 aromatic heterocycles. The van der Waals surface area contributed by atoms with Crippen molar-refractivity contribution in [1.82, 2.24) is 19.7 Å². The number of carbonyl (C=O) groups is 1. The second-order valence-electron chi connectivity index (χ2n) is 7.95. The van der Waals surface area contributed by atoms with E-state index in [2.05, 4.69) is 25.1 Å². The molecule has 6 nitrogen and oxygen atoms in total. The predicted molar refractivity (Wildman–Crippen MR) is 128 cm³/mol. The molecule has 1 N–H and O–H groups in total. The van der Waals surface area contributed by atoms with Gasteiger partial charge in [0, 0.05) is 29.5 Å². The predicted octanol–water partition coefficient (Wildman–Crippen LogP) is 5.77. The first-order valence-corrected chi connectivity index (χ1v) is 12.1. The number of carbonyl (C=O) groups excluding carboxylic acids is 1. The lowest BCUT2D eigenvalue weighted by atomic mass is 10.1. The largest absolute Gasteiger partial charge is 0.323 e. The van der Waals surface area contributed by atoms with E-state index >= 15 is 0 Å². The molecule has 33 heavy (non-hydrogen) atoms. The summed E-state index contributed by atoms with van der Waals surface area (Å²) in [6.07, 6.45) is 4.24. The van der Waals surface area contributed by atoms with Crippen LogP contribution in [-0.2, 0) is 24.2 Å². The highest BCUT2D eigenvalue weighted by atomic mass is 35.5. The summed E-state index contributed by atoms with van der Waals surface area (Å²) >= 11 is 7.66.